The Morgan fingerprint density at radius 3 is 2.52 bits per heavy atom. The maximum Gasteiger partial charge on any atom is 0.248 e. The van der Waals surface area contributed by atoms with Gasteiger partial charge in [0.1, 0.15) is 5.82 Å². The van der Waals surface area contributed by atoms with Crippen molar-refractivity contribution in [1.29, 1.82) is 0 Å². The number of nitrogens with zero attached hydrogens (tertiary/aromatic N) is 4. The number of nitrogens with two attached hydrogens (primary N) is 1. The summed E-state index contributed by atoms with van der Waals surface area (Å²) in [6, 6.07) is 5.61. The van der Waals surface area contributed by atoms with Gasteiger partial charge in [0.05, 0.1) is 12.2 Å². The molecule has 7 heteroatoms. The minimum absolute atomic E-state index is 0.0527. The van der Waals surface area contributed by atoms with Crippen LogP contribution in [0.15, 0.2) is 24.4 Å². The summed E-state index contributed by atoms with van der Waals surface area (Å²) in [7, 11) is 0. The first kappa shape index (κ1) is 17.5. The van der Waals surface area contributed by atoms with Crippen LogP contribution in [0.25, 0.3) is 0 Å². The van der Waals surface area contributed by atoms with Gasteiger partial charge in [0.25, 0.3) is 0 Å². The van der Waals surface area contributed by atoms with Gasteiger partial charge in [-0.3, -0.25) is 4.98 Å². The van der Waals surface area contributed by atoms with Gasteiger partial charge in [-0.1, -0.05) is 6.07 Å². The fourth-order valence-electron chi connectivity index (χ4n) is 3.13. The van der Waals surface area contributed by atoms with Gasteiger partial charge in [-0.05, 0) is 38.8 Å². The number of alkyl halides is 2. The third kappa shape index (κ3) is 4.03. The van der Waals surface area contributed by atoms with Crippen molar-refractivity contribution in [3.05, 3.63) is 41.3 Å². The molecule has 0 atom stereocenters. The first-order valence-corrected chi connectivity index (χ1v) is 8.51. The van der Waals surface area contributed by atoms with Gasteiger partial charge in [0, 0.05) is 36.3 Å². The predicted octanol–water partition coefficient (Wildman–Crippen LogP) is 3.66. The van der Waals surface area contributed by atoms with Crippen molar-refractivity contribution in [1.82, 2.24) is 15.0 Å². The molecule has 0 spiro atoms. The van der Waals surface area contributed by atoms with Crippen LogP contribution in [0.2, 0.25) is 0 Å². The first-order chi connectivity index (χ1) is 11.9. The van der Waals surface area contributed by atoms with Gasteiger partial charge in [-0.25, -0.2) is 13.8 Å². The average Bonchev–Trinajstić information content (AvgIpc) is 2.58. The average molecular weight is 347 g/mol. The molecule has 2 aromatic heterocycles. The number of aryl methyl sites for hydroxylation is 1. The minimum Gasteiger partial charge on any atom is -0.383 e. The Kier molecular flexibility index (Phi) is 4.83. The first-order valence-electron chi connectivity index (χ1n) is 8.51. The summed E-state index contributed by atoms with van der Waals surface area (Å²) in [6.07, 6.45) is 2.29. The van der Waals surface area contributed by atoms with E-state index in [4.69, 9.17) is 5.73 Å². The molecule has 3 rings (SSSR count). The van der Waals surface area contributed by atoms with E-state index in [0.717, 1.165) is 17.0 Å². The molecule has 0 unspecified atom stereocenters. The van der Waals surface area contributed by atoms with Gasteiger partial charge in [0.15, 0.2) is 0 Å². The summed E-state index contributed by atoms with van der Waals surface area (Å²) >= 11 is 0. The third-order valence-corrected chi connectivity index (χ3v) is 4.86. The second-order valence-corrected chi connectivity index (χ2v) is 6.66. The minimum atomic E-state index is -2.57. The number of halogens is 2. The highest BCUT2D eigenvalue weighted by Gasteiger charge is 2.37. The lowest BCUT2D eigenvalue weighted by Crippen LogP contribution is -2.41. The van der Waals surface area contributed by atoms with Crippen LogP contribution in [0, 0.1) is 13.8 Å². The Bertz CT molecular complexity index is 702. The molecule has 1 saturated carbocycles. The lowest BCUT2D eigenvalue weighted by Gasteiger charge is -2.37. The van der Waals surface area contributed by atoms with E-state index in [1.807, 2.05) is 36.9 Å². The molecule has 1 aliphatic rings. The van der Waals surface area contributed by atoms with Crippen molar-refractivity contribution in [3.8, 4) is 0 Å². The van der Waals surface area contributed by atoms with Gasteiger partial charge in [0.2, 0.25) is 11.9 Å². The third-order valence-electron chi connectivity index (χ3n) is 4.86. The van der Waals surface area contributed by atoms with Crippen LogP contribution in [0.4, 0.5) is 20.5 Å². The normalized spacial score (nSPS) is 17.4. The van der Waals surface area contributed by atoms with Crippen molar-refractivity contribution in [2.45, 2.75) is 58.0 Å². The molecule has 2 N–H and O–H groups in total. The molecule has 2 heterocycles. The number of anilines is 2. The van der Waals surface area contributed by atoms with Gasteiger partial charge < -0.3 is 10.6 Å². The van der Waals surface area contributed by atoms with Crippen molar-refractivity contribution in [2.24, 2.45) is 0 Å². The Morgan fingerprint density at radius 1 is 1.20 bits per heavy atom. The smallest absolute Gasteiger partial charge is 0.248 e. The zero-order chi connectivity index (χ0) is 18.0. The lowest BCUT2D eigenvalue weighted by atomic mass is 9.91. The maximum atomic E-state index is 13.6. The van der Waals surface area contributed by atoms with Crippen LogP contribution in [0.5, 0.6) is 0 Å². The summed E-state index contributed by atoms with van der Waals surface area (Å²) < 4.78 is 27.1. The highest BCUT2D eigenvalue weighted by atomic mass is 19.3. The van der Waals surface area contributed by atoms with Crippen LogP contribution in [-0.4, -0.2) is 26.9 Å². The second kappa shape index (κ2) is 6.90. The van der Waals surface area contributed by atoms with E-state index in [2.05, 4.69) is 15.0 Å². The Balaban J connectivity index is 1.92. The van der Waals surface area contributed by atoms with Gasteiger partial charge >= 0.3 is 0 Å². The van der Waals surface area contributed by atoms with Crippen LogP contribution in [0.1, 0.15) is 42.6 Å². The number of rotatable bonds is 4. The molecule has 0 amide bonds. The van der Waals surface area contributed by atoms with Crippen molar-refractivity contribution in [2.75, 3.05) is 10.6 Å². The maximum absolute atomic E-state index is 13.6. The molecule has 5 nitrogen and oxygen atoms in total. The Labute approximate surface area is 146 Å². The second-order valence-electron chi connectivity index (χ2n) is 6.66. The van der Waals surface area contributed by atoms with Gasteiger partial charge in [-0.15, -0.1) is 0 Å². The monoisotopic (exact) mass is 347 g/mol. The van der Waals surface area contributed by atoms with Gasteiger partial charge in [-0.2, -0.15) is 4.98 Å². The summed E-state index contributed by atoms with van der Waals surface area (Å²) in [5, 5.41) is 0. The molecule has 134 valence electrons. The van der Waals surface area contributed by atoms with E-state index in [1.54, 1.807) is 6.20 Å². The van der Waals surface area contributed by atoms with E-state index >= 15 is 0 Å². The number of hydrogen-bond acceptors (Lipinski definition) is 5. The fourth-order valence-corrected chi connectivity index (χ4v) is 3.13. The largest absolute Gasteiger partial charge is 0.383 e. The molecular weight excluding hydrogens is 324 g/mol. The van der Waals surface area contributed by atoms with Crippen LogP contribution < -0.4 is 10.6 Å². The van der Waals surface area contributed by atoms with E-state index in [0.29, 0.717) is 31.2 Å². The van der Waals surface area contributed by atoms with E-state index in [-0.39, 0.29) is 18.9 Å². The van der Waals surface area contributed by atoms with Crippen molar-refractivity contribution < 1.29 is 8.78 Å². The van der Waals surface area contributed by atoms with Crippen LogP contribution in [-0.2, 0) is 6.54 Å². The van der Waals surface area contributed by atoms with E-state index in [9.17, 15) is 8.78 Å². The summed E-state index contributed by atoms with van der Waals surface area (Å²) in [4.78, 5) is 15.3. The number of pyridine rings is 1. The zero-order valence-corrected chi connectivity index (χ0v) is 14.5. The highest BCUT2D eigenvalue weighted by molar-refractivity contribution is 5.47. The summed E-state index contributed by atoms with van der Waals surface area (Å²) in [5.41, 5.74) is 8.50. The van der Waals surface area contributed by atoms with Crippen molar-refractivity contribution in [3.63, 3.8) is 0 Å². The molecule has 0 aliphatic heterocycles. The molecule has 25 heavy (non-hydrogen) atoms. The topological polar surface area (TPSA) is 67.9 Å². The highest BCUT2D eigenvalue weighted by Crippen LogP contribution is 2.36. The molecular formula is C18H23F2N5. The molecule has 0 aromatic carbocycles. The van der Waals surface area contributed by atoms with Crippen LogP contribution >= 0.6 is 0 Å². The molecule has 1 aliphatic carbocycles. The predicted molar refractivity (Wildman–Crippen MR) is 93.5 cm³/mol. The van der Waals surface area contributed by atoms with E-state index in [1.165, 1.54) is 0 Å². The van der Waals surface area contributed by atoms with Crippen LogP contribution in [0.3, 0.4) is 0 Å². The van der Waals surface area contributed by atoms with Crippen molar-refractivity contribution >= 4 is 11.8 Å². The molecule has 1 fully saturated rings. The fraction of sp³-hybridized carbons (Fsp3) is 0.500. The number of nitrogen functional groups attached to an aromatic ring is 1. The lowest BCUT2D eigenvalue weighted by molar-refractivity contribution is -0.0383. The Hall–Kier alpha value is -2.31. The quantitative estimate of drug-likeness (QED) is 0.914. The molecule has 0 saturated heterocycles. The summed E-state index contributed by atoms with van der Waals surface area (Å²) in [6.45, 7) is 4.22. The number of hydrogen-bond donors (Lipinski definition) is 1. The standard InChI is InChI=1S/C18H23F2N5/c1-12-13(2)23-17(24-16(12)21)25(11-14-5-3-4-10-22-14)15-6-8-18(19,20)9-7-15/h3-5,10,15H,6-9,11H2,1-2H3,(H2,21,23,24). The molecule has 0 bridgehead atoms. The van der Waals surface area contributed by atoms with E-state index < -0.39 is 5.92 Å². The number of aromatic nitrogens is 3. The molecule has 0 radical (unpaired) electrons. The zero-order valence-electron chi connectivity index (χ0n) is 14.5. The Morgan fingerprint density at radius 2 is 1.92 bits per heavy atom. The molecule has 2 aromatic rings. The SMILES string of the molecule is Cc1nc(N(Cc2ccccn2)C2CCC(F)(F)CC2)nc(N)c1C. The summed E-state index contributed by atoms with van der Waals surface area (Å²) in [5.74, 6) is -1.66.